The number of hydrogen-bond donors (Lipinski definition) is 1. The zero-order valence-electron chi connectivity index (χ0n) is 12.8. The first kappa shape index (κ1) is 15.3. The van der Waals surface area contributed by atoms with Crippen molar-refractivity contribution in [3.8, 4) is 5.75 Å². The molecule has 116 valence electrons. The van der Waals surface area contributed by atoms with Gasteiger partial charge in [0.15, 0.2) is 0 Å². The lowest BCUT2D eigenvalue weighted by molar-refractivity contribution is -0.115. The van der Waals surface area contributed by atoms with E-state index >= 15 is 0 Å². The van der Waals surface area contributed by atoms with Gasteiger partial charge >= 0.3 is 0 Å². The molecule has 0 saturated carbocycles. The van der Waals surface area contributed by atoms with E-state index in [9.17, 15) is 4.79 Å². The fourth-order valence-electron chi connectivity index (χ4n) is 2.33. The van der Waals surface area contributed by atoms with Gasteiger partial charge in [-0.05, 0) is 36.8 Å². The van der Waals surface area contributed by atoms with Crippen LogP contribution in [0.5, 0.6) is 5.75 Å². The number of halogens is 1. The maximum absolute atomic E-state index is 12.1. The maximum atomic E-state index is 12.1. The number of ether oxygens (including phenoxy) is 1. The Hall–Kier alpha value is -2.59. The van der Waals surface area contributed by atoms with Crippen molar-refractivity contribution in [2.24, 2.45) is 4.99 Å². The average Bonchev–Trinajstić information content (AvgIpc) is 2.89. The molecule has 2 aromatic carbocycles. The summed E-state index contributed by atoms with van der Waals surface area (Å²) in [4.78, 5) is 16.5. The van der Waals surface area contributed by atoms with Crippen LogP contribution in [-0.4, -0.2) is 18.9 Å². The normalized spacial score (nSPS) is 15.5. The summed E-state index contributed by atoms with van der Waals surface area (Å²) >= 11 is 6.10. The Kier molecular flexibility index (Phi) is 4.17. The topological polar surface area (TPSA) is 50.7 Å². The van der Waals surface area contributed by atoms with E-state index in [1.54, 1.807) is 25.3 Å². The van der Waals surface area contributed by atoms with E-state index in [0.717, 1.165) is 16.7 Å². The number of hydrogen-bond acceptors (Lipinski definition) is 3. The number of benzene rings is 2. The molecule has 0 aromatic heterocycles. The van der Waals surface area contributed by atoms with E-state index in [1.165, 1.54) is 0 Å². The molecule has 1 aliphatic heterocycles. The summed E-state index contributed by atoms with van der Waals surface area (Å²) in [5.41, 5.74) is 3.13. The van der Waals surface area contributed by atoms with E-state index in [0.29, 0.717) is 22.3 Å². The van der Waals surface area contributed by atoms with Crippen LogP contribution in [0, 0.1) is 6.92 Å². The van der Waals surface area contributed by atoms with Gasteiger partial charge in [-0.2, -0.15) is 0 Å². The lowest BCUT2D eigenvalue weighted by Crippen LogP contribution is -2.24. The zero-order chi connectivity index (χ0) is 16.4. The molecule has 23 heavy (non-hydrogen) atoms. The lowest BCUT2D eigenvalue weighted by Gasteiger charge is -2.03. The summed E-state index contributed by atoms with van der Waals surface area (Å²) in [5.74, 6) is 0.923. The van der Waals surface area contributed by atoms with Gasteiger partial charge < -0.3 is 10.1 Å². The molecule has 0 radical (unpaired) electrons. The molecule has 0 fully saturated rings. The molecule has 0 bridgehead atoms. The van der Waals surface area contributed by atoms with E-state index in [4.69, 9.17) is 16.3 Å². The maximum Gasteiger partial charge on any atom is 0.275 e. The number of methoxy groups -OCH3 is 1. The standard InChI is InChI=1S/C18H15ClN2O2/c1-11-4-3-5-13(8-11)17-20-15(18(22)21-17)10-12-6-7-16(23-2)14(19)9-12/h3-10H,1-2H3,(H,20,21,22)/b15-10+. The predicted molar refractivity (Wildman–Crippen MR) is 91.8 cm³/mol. The third-order valence-electron chi connectivity index (χ3n) is 3.47. The molecule has 1 N–H and O–H groups in total. The van der Waals surface area contributed by atoms with Crippen molar-refractivity contribution in [1.29, 1.82) is 0 Å². The van der Waals surface area contributed by atoms with Crippen molar-refractivity contribution < 1.29 is 9.53 Å². The number of amides is 1. The third kappa shape index (κ3) is 3.27. The Morgan fingerprint density at radius 2 is 2.04 bits per heavy atom. The molecule has 2 aromatic rings. The summed E-state index contributed by atoms with van der Waals surface area (Å²) in [6, 6.07) is 13.1. The Labute approximate surface area is 139 Å². The second-order valence-electron chi connectivity index (χ2n) is 5.21. The summed E-state index contributed by atoms with van der Waals surface area (Å²) in [7, 11) is 1.56. The van der Waals surface area contributed by atoms with Gasteiger partial charge in [0.25, 0.3) is 5.91 Å². The summed E-state index contributed by atoms with van der Waals surface area (Å²) in [6.45, 7) is 2.00. The van der Waals surface area contributed by atoms with Crippen LogP contribution >= 0.6 is 11.6 Å². The highest BCUT2D eigenvalue weighted by atomic mass is 35.5. The van der Waals surface area contributed by atoms with Gasteiger partial charge in [-0.1, -0.05) is 41.4 Å². The number of rotatable bonds is 3. The fraction of sp³-hybridized carbons (Fsp3) is 0.111. The van der Waals surface area contributed by atoms with Gasteiger partial charge in [0, 0.05) is 5.56 Å². The smallest absolute Gasteiger partial charge is 0.275 e. The average molecular weight is 327 g/mol. The second kappa shape index (κ2) is 6.26. The van der Waals surface area contributed by atoms with Gasteiger partial charge in [0.05, 0.1) is 12.1 Å². The summed E-state index contributed by atoms with van der Waals surface area (Å²) in [6.07, 6.45) is 1.70. The first-order valence-electron chi connectivity index (χ1n) is 7.09. The van der Waals surface area contributed by atoms with Crippen LogP contribution in [0.1, 0.15) is 16.7 Å². The number of nitrogens with one attached hydrogen (secondary N) is 1. The van der Waals surface area contributed by atoms with E-state index in [-0.39, 0.29) is 5.91 Å². The van der Waals surface area contributed by atoms with E-state index in [1.807, 2.05) is 37.3 Å². The van der Waals surface area contributed by atoms with Crippen LogP contribution in [0.3, 0.4) is 0 Å². The van der Waals surface area contributed by atoms with Gasteiger partial charge in [-0.3, -0.25) is 4.79 Å². The lowest BCUT2D eigenvalue weighted by atomic mass is 10.1. The van der Waals surface area contributed by atoms with Gasteiger partial charge in [-0.25, -0.2) is 4.99 Å². The molecule has 4 nitrogen and oxygen atoms in total. The second-order valence-corrected chi connectivity index (χ2v) is 5.61. The first-order chi connectivity index (χ1) is 11.1. The molecule has 0 saturated heterocycles. The molecule has 0 spiro atoms. The van der Waals surface area contributed by atoms with Crippen molar-refractivity contribution in [3.05, 3.63) is 69.9 Å². The minimum absolute atomic E-state index is 0.228. The van der Waals surface area contributed by atoms with Crippen molar-refractivity contribution in [3.63, 3.8) is 0 Å². The SMILES string of the molecule is COc1ccc(/C=C2/N=C(c3cccc(C)c3)NC2=O)cc1Cl. The monoisotopic (exact) mass is 326 g/mol. The molecular weight excluding hydrogens is 312 g/mol. The first-order valence-corrected chi connectivity index (χ1v) is 7.47. The number of amidine groups is 1. The molecule has 0 unspecified atom stereocenters. The van der Waals surface area contributed by atoms with Crippen LogP contribution in [0.15, 0.2) is 53.2 Å². The van der Waals surface area contributed by atoms with Gasteiger partial charge in [0.2, 0.25) is 0 Å². The number of nitrogens with zero attached hydrogens (tertiary/aromatic N) is 1. The van der Waals surface area contributed by atoms with Crippen molar-refractivity contribution >= 4 is 29.4 Å². The predicted octanol–water partition coefficient (Wildman–Crippen LogP) is 3.57. The molecule has 1 amide bonds. The molecule has 1 aliphatic rings. The number of aliphatic imine (C=N–C) groups is 1. The van der Waals surface area contributed by atoms with Crippen molar-refractivity contribution in [2.75, 3.05) is 7.11 Å². The van der Waals surface area contributed by atoms with Crippen LogP contribution < -0.4 is 10.1 Å². The van der Waals surface area contributed by atoms with E-state index < -0.39 is 0 Å². The highest BCUT2D eigenvalue weighted by molar-refractivity contribution is 6.32. The molecule has 3 rings (SSSR count). The van der Waals surface area contributed by atoms with Crippen LogP contribution in [0.2, 0.25) is 5.02 Å². The minimum Gasteiger partial charge on any atom is -0.495 e. The zero-order valence-corrected chi connectivity index (χ0v) is 13.5. The molecule has 5 heteroatoms. The number of carbonyl (C=O) groups excluding carboxylic acids is 1. The summed E-state index contributed by atoms with van der Waals surface area (Å²) in [5, 5.41) is 3.28. The Morgan fingerprint density at radius 1 is 1.22 bits per heavy atom. The van der Waals surface area contributed by atoms with Gasteiger partial charge in [-0.15, -0.1) is 0 Å². The van der Waals surface area contributed by atoms with Crippen LogP contribution in [0.4, 0.5) is 0 Å². The Balaban J connectivity index is 1.93. The van der Waals surface area contributed by atoms with E-state index in [2.05, 4.69) is 10.3 Å². The molecule has 1 heterocycles. The van der Waals surface area contributed by atoms with Crippen molar-refractivity contribution in [2.45, 2.75) is 6.92 Å². The largest absolute Gasteiger partial charge is 0.495 e. The number of aryl methyl sites for hydroxylation is 1. The third-order valence-corrected chi connectivity index (χ3v) is 3.76. The number of carbonyl (C=O) groups is 1. The molecule has 0 aliphatic carbocycles. The molecule has 0 atom stereocenters. The fourth-order valence-corrected chi connectivity index (χ4v) is 2.59. The van der Waals surface area contributed by atoms with Gasteiger partial charge in [0.1, 0.15) is 17.3 Å². The quantitative estimate of drug-likeness (QED) is 0.877. The van der Waals surface area contributed by atoms with Crippen molar-refractivity contribution in [1.82, 2.24) is 5.32 Å². The Bertz CT molecular complexity index is 841. The van der Waals surface area contributed by atoms with Crippen LogP contribution in [-0.2, 0) is 4.79 Å². The Morgan fingerprint density at radius 3 is 2.74 bits per heavy atom. The van der Waals surface area contributed by atoms with Crippen LogP contribution in [0.25, 0.3) is 6.08 Å². The highest BCUT2D eigenvalue weighted by Crippen LogP contribution is 2.26. The molecular formula is C18H15ClN2O2. The highest BCUT2D eigenvalue weighted by Gasteiger charge is 2.21. The minimum atomic E-state index is -0.228. The summed E-state index contributed by atoms with van der Waals surface area (Å²) < 4.78 is 5.12.